The van der Waals surface area contributed by atoms with Crippen molar-refractivity contribution in [2.45, 2.75) is 50.4 Å². The zero-order valence-corrected chi connectivity index (χ0v) is 19.9. The second-order valence-electron chi connectivity index (χ2n) is 7.83. The largest absolute Gasteiger partial charge is 0.490 e. The minimum absolute atomic E-state index is 0.0971. The molecule has 1 unspecified atom stereocenters. The van der Waals surface area contributed by atoms with Gasteiger partial charge in [0.05, 0.1) is 36.5 Å². The second-order valence-corrected chi connectivity index (χ2v) is 8.89. The Kier molecular flexibility index (Phi) is 10.2. The lowest BCUT2D eigenvalue weighted by Gasteiger charge is -2.52. The van der Waals surface area contributed by atoms with Crippen molar-refractivity contribution in [3.63, 3.8) is 0 Å². The Balaban J connectivity index is 0.000000286. The highest BCUT2D eigenvalue weighted by molar-refractivity contribution is 7.09. The summed E-state index contributed by atoms with van der Waals surface area (Å²) < 4.78 is 75.6. The summed E-state index contributed by atoms with van der Waals surface area (Å²) >= 11 is 1.67. The van der Waals surface area contributed by atoms with E-state index in [1.54, 1.807) is 23.7 Å². The van der Waals surface area contributed by atoms with E-state index in [-0.39, 0.29) is 11.7 Å². The normalized spacial score (nSPS) is 18.6. The number of carbonyl (C=O) groups is 2. The molecule has 0 aromatic carbocycles. The minimum Gasteiger partial charge on any atom is -0.475 e. The Morgan fingerprint density at radius 1 is 1.14 bits per heavy atom. The van der Waals surface area contributed by atoms with Crippen LogP contribution >= 0.6 is 11.3 Å². The van der Waals surface area contributed by atoms with Crippen molar-refractivity contribution < 1.29 is 55.6 Å². The molecule has 2 aromatic rings. The predicted molar refractivity (Wildman–Crippen MR) is 115 cm³/mol. The molecule has 0 bridgehead atoms. The Bertz CT molecular complexity index is 1010. The molecule has 0 amide bonds. The van der Waals surface area contributed by atoms with Gasteiger partial charge in [0.25, 0.3) is 0 Å². The fourth-order valence-corrected chi connectivity index (χ4v) is 3.87. The third-order valence-electron chi connectivity index (χ3n) is 4.86. The van der Waals surface area contributed by atoms with Gasteiger partial charge in [-0.1, -0.05) is 0 Å². The zero-order chi connectivity index (χ0) is 27.9. The number of carboxylic acid groups (broad SMARTS) is 2. The van der Waals surface area contributed by atoms with Crippen molar-refractivity contribution in [3.8, 4) is 0 Å². The third-order valence-corrected chi connectivity index (χ3v) is 5.68. The van der Waals surface area contributed by atoms with Gasteiger partial charge in [-0.3, -0.25) is 0 Å². The van der Waals surface area contributed by atoms with Crippen LogP contribution in [0.1, 0.15) is 23.5 Å². The number of thiazole rings is 1. The lowest BCUT2D eigenvalue weighted by atomic mass is 9.85. The molecule has 2 N–H and O–H groups in total. The number of aryl methyl sites for hydroxylation is 1. The molecule has 1 spiro atoms. The molecule has 10 nitrogen and oxygen atoms in total. The number of rotatable bonds is 4. The number of aromatic nitrogens is 3. The standard InChI is InChI=1S/C16H20N4O2S.2C2HF3O2/c1-12-19-13(9-23-12)8-21-14-3-6-22-16(7-14)10-20(11-16)15-17-4-2-5-18-15;2*3-2(4,5)1(6)7/h2,4-5,9,14H,3,6-8,10-11H2,1H3;2*(H,6,7). The van der Waals surface area contributed by atoms with E-state index in [2.05, 4.69) is 25.2 Å². The van der Waals surface area contributed by atoms with Gasteiger partial charge in [0.1, 0.15) is 5.60 Å². The zero-order valence-electron chi connectivity index (χ0n) is 19.1. The van der Waals surface area contributed by atoms with Gasteiger partial charge < -0.3 is 24.6 Å². The summed E-state index contributed by atoms with van der Waals surface area (Å²) in [5.41, 5.74) is 0.932. The smallest absolute Gasteiger partial charge is 0.475 e. The van der Waals surface area contributed by atoms with Crippen molar-refractivity contribution in [2.75, 3.05) is 24.6 Å². The molecule has 2 fully saturated rings. The van der Waals surface area contributed by atoms with E-state index >= 15 is 0 Å². The van der Waals surface area contributed by atoms with Crippen LogP contribution in [0, 0.1) is 6.92 Å². The van der Waals surface area contributed by atoms with Crippen LogP contribution in [0.15, 0.2) is 23.8 Å². The molecule has 2 aliphatic rings. The van der Waals surface area contributed by atoms with Crippen molar-refractivity contribution in [1.29, 1.82) is 0 Å². The van der Waals surface area contributed by atoms with Gasteiger partial charge in [-0.25, -0.2) is 24.5 Å². The summed E-state index contributed by atoms with van der Waals surface area (Å²) in [5, 5.41) is 17.4. The van der Waals surface area contributed by atoms with Crippen LogP contribution in [-0.2, 0) is 25.7 Å². The number of hydrogen-bond acceptors (Lipinski definition) is 9. The maximum atomic E-state index is 10.6. The van der Waals surface area contributed by atoms with Crippen LogP contribution < -0.4 is 4.90 Å². The van der Waals surface area contributed by atoms with Crippen LogP contribution in [-0.4, -0.2) is 80.9 Å². The molecule has 0 saturated carbocycles. The van der Waals surface area contributed by atoms with Gasteiger partial charge in [-0.05, 0) is 19.4 Å². The molecular weight excluding hydrogens is 538 g/mol. The first-order chi connectivity index (χ1) is 17.1. The van der Waals surface area contributed by atoms with E-state index < -0.39 is 24.3 Å². The average Bonchev–Trinajstić information content (AvgIpc) is 3.21. The molecule has 17 heteroatoms. The van der Waals surface area contributed by atoms with Crippen molar-refractivity contribution in [2.24, 2.45) is 0 Å². The Hall–Kier alpha value is -3.05. The highest BCUT2D eigenvalue weighted by Crippen LogP contribution is 2.36. The van der Waals surface area contributed by atoms with E-state index in [0.29, 0.717) is 6.61 Å². The molecule has 1 atom stereocenters. The van der Waals surface area contributed by atoms with E-state index in [4.69, 9.17) is 29.3 Å². The predicted octanol–water partition coefficient (Wildman–Crippen LogP) is 3.46. The number of nitrogens with zero attached hydrogens (tertiary/aromatic N) is 4. The van der Waals surface area contributed by atoms with Crippen LogP contribution in [0.5, 0.6) is 0 Å². The summed E-state index contributed by atoms with van der Waals surface area (Å²) in [7, 11) is 0. The summed E-state index contributed by atoms with van der Waals surface area (Å²) in [6, 6.07) is 1.83. The second kappa shape index (κ2) is 12.5. The molecule has 2 saturated heterocycles. The molecule has 206 valence electrons. The van der Waals surface area contributed by atoms with Crippen molar-refractivity contribution in [3.05, 3.63) is 34.5 Å². The monoisotopic (exact) mass is 560 g/mol. The Morgan fingerprint density at radius 2 is 1.68 bits per heavy atom. The molecule has 0 aliphatic carbocycles. The number of halogens is 6. The molecule has 2 aliphatic heterocycles. The quantitative estimate of drug-likeness (QED) is 0.536. The van der Waals surface area contributed by atoms with E-state index in [0.717, 1.165) is 49.2 Å². The average molecular weight is 560 g/mol. The van der Waals surface area contributed by atoms with Crippen molar-refractivity contribution >= 4 is 29.2 Å². The Labute approximate surface area is 209 Å². The lowest BCUT2D eigenvalue weighted by molar-refractivity contribution is -0.193. The summed E-state index contributed by atoms with van der Waals surface area (Å²) in [5.74, 6) is -4.73. The van der Waals surface area contributed by atoms with Gasteiger partial charge >= 0.3 is 24.3 Å². The highest BCUT2D eigenvalue weighted by atomic mass is 32.1. The lowest BCUT2D eigenvalue weighted by Crippen LogP contribution is -2.66. The molecular formula is C20H22F6N4O6S. The molecule has 4 rings (SSSR count). The van der Waals surface area contributed by atoms with Gasteiger partial charge in [-0.15, -0.1) is 11.3 Å². The number of hydrogen-bond donors (Lipinski definition) is 2. The first-order valence-electron chi connectivity index (χ1n) is 10.4. The van der Waals surface area contributed by atoms with Crippen molar-refractivity contribution in [1.82, 2.24) is 15.0 Å². The van der Waals surface area contributed by atoms with Crippen LogP contribution in [0.4, 0.5) is 32.3 Å². The number of carboxylic acids is 2. The third kappa shape index (κ3) is 9.73. The molecule has 0 radical (unpaired) electrons. The summed E-state index contributed by atoms with van der Waals surface area (Å²) in [4.78, 5) is 33.0. The number of aliphatic carboxylic acids is 2. The van der Waals surface area contributed by atoms with Gasteiger partial charge in [-0.2, -0.15) is 26.3 Å². The number of ether oxygens (including phenoxy) is 2. The minimum atomic E-state index is -5.08. The van der Waals surface area contributed by atoms with Crippen LogP contribution in [0.3, 0.4) is 0 Å². The van der Waals surface area contributed by atoms with Gasteiger partial charge in [0.15, 0.2) is 0 Å². The maximum absolute atomic E-state index is 10.6. The van der Waals surface area contributed by atoms with E-state index in [1.165, 1.54) is 0 Å². The maximum Gasteiger partial charge on any atom is 0.490 e. The SMILES string of the molecule is Cc1nc(COC2CCOC3(C2)CN(c2ncccn2)C3)cs1.O=C(O)C(F)(F)F.O=C(O)C(F)(F)F. The van der Waals surface area contributed by atoms with E-state index in [1.807, 2.05) is 13.0 Å². The van der Waals surface area contributed by atoms with Crippen LogP contribution in [0.25, 0.3) is 0 Å². The van der Waals surface area contributed by atoms with E-state index in [9.17, 15) is 26.3 Å². The van der Waals surface area contributed by atoms with Crippen LogP contribution in [0.2, 0.25) is 0 Å². The first-order valence-corrected chi connectivity index (χ1v) is 11.3. The highest BCUT2D eigenvalue weighted by Gasteiger charge is 2.48. The van der Waals surface area contributed by atoms with Gasteiger partial charge in [0, 0.05) is 30.8 Å². The number of alkyl halides is 6. The number of anilines is 1. The topological polar surface area (TPSA) is 135 Å². The summed E-state index contributed by atoms with van der Waals surface area (Å²) in [6.45, 7) is 5.05. The summed E-state index contributed by atoms with van der Waals surface area (Å²) in [6.07, 6.45) is -4.50. The molecule has 37 heavy (non-hydrogen) atoms. The fraction of sp³-hybridized carbons (Fsp3) is 0.550. The fourth-order valence-electron chi connectivity index (χ4n) is 3.27. The molecule has 4 heterocycles. The first kappa shape index (κ1) is 30.2. The molecule has 2 aromatic heterocycles. The van der Waals surface area contributed by atoms with Gasteiger partial charge in [0.2, 0.25) is 5.95 Å². The Morgan fingerprint density at radius 3 is 2.14 bits per heavy atom.